The molecule has 21 heavy (non-hydrogen) atoms. The number of halogens is 1. The highest BCUT2D eigenvalue weighted by molar-refractivity contribution is 5.82. The third-order valence-corrected chi connectivity index (χ3v) is 3.51. The van der Waals surface area contributed by atoms with Crippen LogP contribution in [0.25, 0.3) is 22.3 Å². The van der Waals surface area contributed by atoms with Crippen molar-refractivity contribution in [2.45, 2.75) is 19.9 Å². The quantitative estimate of drug-likeness (QED) is 0.684. The van der Waals surface area contributed by atoms with Gasteiger partial charge in [-0.15, -0.1) is 0 Å². The number of hydrogen-bond acceptors (Lipinski definition) is 2. The smallest absolute Gasteiger partial charge is 0.135 e. The van der Waals surface area contributed by atoms with Crippen LogP contribution in [-0.2, 0) is 6.54 Å². The van der Waals surface area contributed by atoms with Crippen LogP contribution in [0.15, 0.2) is 52.9 Å². The van der Waals surface area contributed by atoms with Crippen molar-refractivity contribution in [1.82, 2.24) is 5.32 Å². The molecular formula is C18H18FNO. The maximum absolute atomic E-state index is 14.1. The lowest BCUT2D eigenvalue weighted by Gasteiger charge is -2.06. The molecule has 3 aromatic rings. The Kier molecular flexibility index (Phi) is 4.02. The minimum atomic E-state index is -0.198. The maximum atomic E-state index is 14.1. The van der Waals surface area contributed by atoms with Crippen molar-refractivity contribution in [1.29, 1.82) is 0 Å². The molecule has 0 saturated carbocycles. The Hall–Kier alpha value is -2.13. The summed E-state index contributed by atoms with van der Waals surface area (Å²) >= 11 is 0. The summed E-state index contributed by atoms with van der Waals surface area (Å²) in [7, 11) is 0. The number of para-hydroxylation sites is 1. The first-order valence-electron chi connectivity index (χ1n) is 7.26. The molecule has 2 aromatic carbocycles. The van der Waals surface area contributed by atoms with E-state index in [-0.39, 0.29) is 5.82 Å². The van der Waals surface area contributed by atoms with E-state index in [1.807, 2.05) is 42.5 Å². The standard InChI is InChI=1S/C18H18FNO/c1-2-9-20-12-15-8-7-14(10-16(15)19)18-11-13-5-3-4-6-17(13)21-18/h3-8,10-11,20H,2,9,12H2,1H3. The van der Waals surface area contributed by atoms with Gasteiger partial charge in [0.15, 0.2) is 0 Å². The first kappa shape index (κ1) is 13.8. The number of fused-ring (bicyclic) bond motifs is 1. The van der Waals surface area contributed by atoms with Crippen LogP contribution in [0.4, 0.5) is 4.39 Å². The zero-order valence-electron chi connectivity index (χ0n) is 12.0. The Bertz CT molecular complexity index is 715. The van der Waals surface area contributed by atoms with E-state index in [2.05, 4.69) is 12.2 Å². The Labute approximate surface area is 123 Å². The van der Waals surface area contributed by atoms with Gasteiger partial charge in [0, 0.05) is 23.1 Å². The molecule has 0 amide bonds. The molecule has 0 bridgehead atoms. The summed E-state index contributed by atoms with van der Waals surface area (Å²) in [6.07, 6.45) is 1.04. The first-order chi connectivity index (χ1) is 10.3. The maximum Gasteiger partial charge on any atom is 0.135 e. The van der Waals surface area contributed by atoms with Crippen LogP contribution in [0.3, 0.4) is 0 Å². The second-order valence-corrected chi connectivity index (χ2v) is 5.13. The molecule has 108 valence electrons. The van der Waals surface area contributed by atoms with Crippen molar-refractivity contribution in [3.63, 3.8) is 0 Å². The minimum Gasteiger partial charge on any atom is -0.456 e. The molecular weight excluding hydrogens is 265 g/mol. The second-order valence-electron chi connectivity index (χ2n) is 5.13. The van der Waals surface area contributed by atoms with Gasteiger partial charge in [-0.1, -0.05) is 37.3 Å². The van der Waals surface area contributed by atoms with E-state index in [4.69, 9.17) is 4.42 Å². The van der Waals surface area contributed by atoms with E-state index in [1.54, 1.807) is 6.07 Å². The van der Waals surface area contributed by atoms with Gasteiger partial charge in [0.2, 0.25) is 0 Å². The van der Waals surface area contributed by atoms with Crippen LogP contribution in [-0.4, -0.2) is 6.54 Å². The summed E-state index contributed by atoms with van der Waals surface area (Å²) < 4.78 is 19.9. The van der Waals surface area contributed by atoms with E-state index >= 15 is 0 Å². The van der Waals surface area contributed by atoms with E-state index in [0.29, 0.717) is 17.9 Å². The fraction of sp³-hybridized carbons (Fsp3) is 0.222. The predicted octanol–water partition coefficient (Wildman–Crippen LogP) is 4.74. The van der Waals surface area contributed by atoms with Crippen molar-refractivity contribution in [2.75, 3.05) is 6.54 Å². The lowest BCUT2D eigenvalue weighted by Crippen LogP contribution is -2.14. The van der Waals surface area contributed by atoms with Gasteiger partial charge in [-0.2, -0.15) is 0 Å². The Morgan fingerprint density at radius 3 is 2.71 bits per heavy atom. The zero-order chi connectivity index (χ0) is 14.7. The predicted molar refractivity (Wildman–Crippen MR) is 83.6 cm³/mol. The van der Waals surface area contributed by atoms with Gasteiger partial charge in [-0.05, 0) is 31.2 Å². The molecule has 0 spiro atoms. The molecule has 1 aromatic heterocycles. The van der Waals surface area contributed by atoms with Crippen molar-refractivity contribution >= 4 is 11.0 Å². The summed E-state index contributed by atoms with van der Waals surface area (Å²) in [6, 6.07) is 15.0. The topological polar surface area (TPSA) is 25.2 Å². The zero-order valence-corrected chi connectivity index (χ0v) is 12.0. The summed E-state index contributed by atoms with van der Waals surface area (Å²) in [5, 5.41) is 4.24. The molecule has 0 saturated heterocycles. The van der Waals surface area contributed by atoms with E-state index < -0.39 is 0 Å². The monoisotopic (exact) mass is 283 g/mol. The summed E-state index contributed by atoms with van der Waals surface area (Å²) in [6.45, 7) is 3.54. The van der Waals surface area contributed by atoms with Crippen molar-refractivity contribution in [3.05, 3.63) is 59.9 Å². The van der Waals surface area contributed by atoms with Crippen molar-refractivity contribution in [3.8, 4) is 11.3 Å². The normalized spacial score (nSPS) is 11.1. The van der Waals surface area contributed by atoms with Crippen LogP contribution in [0.5, 0.6) is 0 Å². The SMILES string of the molecule is CCCNCc1ccc(-c2cc3ccccc3o2)cc1F. The number of benzene rings is 2. The molecule has 2 nitrogen and oxygen atoms in total. The van der Waals surface area contributed by atoms with Crippen LogP contribution < -0.4 is 5.32 Å². The molecule has 3 heteroatoms. The molecule has 0 aliphatic heterocycles. The number of furan rings is 1. The Balaban J connectivity index is 1.87. The highest BCUT2D eigenvalue weighted by Crippen LogP contribution is 2.28. The highest BCUT2D eigenvalue weighted by Gasteiger charge is 2.09. The van der Waals surface area contributed by atoms with Gasteiger partial charge in [0.25, 0.3) is 0 Å². The lowest BCUT2D eigenvalue weighted by molar-refractivity contribution is 0.584. The van der Waals surface area contributed by atoms with Gasteiger partial charge >= 0.3 is 0 Å². The van der Waals surface area contributed by atoms with Gasteiger partial charge in [0.05, 0.1) is 0 Å². The third-order valence-electron chi connectivity index (χ3n) is 3.51. The molecule has 0 fully saturated rings. The fourth-order valence-electron chi connectivity index (χ4n) is 2.37. The van der Waals surface area contributed by atoms with E-state index in [0.717, 1.165) is 29.5 Å². The molecule has 0 aliphatic carbocycles. The van der Waals surface area contributed by atoms with Gasteiger partial charge in [-0.3, -0.25) is 0 Å². The molecule has 0 atom stereocenters. The highest BCUT2D eigenvalue weighted by atomic mass is 19.1. The number of rotatable bonds is 5. The first-order valence-corrected chi connectivity index (χ1v) is 7.26. The molecule has 3 rings (SSSR count). The second kappa shape index (κ2) is 6.10. The number of nitrogens with one attached hydrogen (secondary N) is 1. The van der Waals surface area contributed by atoms with E-state index in [9.17, 15) is 4.39 Å². The van der Waals surface area contributed by atoms with Crippen LogP contribution in [0.1, 0.15) is 18.9 Å². The van der Waals surface area contributed by atoms with Crippen molar-refractivity contribution in [2.24, 2.45) is 0 Å². The summed E-state index contributed by atoms with van der Waals surface area (Å²) in [5.74, 6) is 0.500. The van der Waals surface area contributed by atoms with E-state index in [1.165, 1.54) is 0 Å². The largest absolute Gasteiger partial charge is 0.456 e. The van der Waals surface area contributed by atoms with Gasteiger partial charge < -0.3 is 9.73 Å². The fourth-order valence-corrected chi connectivity index (χ4v) is 2.37. The van der Waals surface area contributed by atoms with Crippen molar-refractivity contribution < 1.29 is 8.81 Å². The minimum absolute atomic E-state index is 0.198. The van der Waals surface area contributed by atoms with Crippen LogP contribution in [0, 0.1) is 5.82 Å². The third kappa shape index (κ3) is 2.98. The molecule has 1 N–H and O–H groups in total. The average molecular weight is 283 g/mol. The van der Waals surface area contributed by atoms with Gasteiger partial charge in [-0.25, -0.2) is 4.39 Å². The lowest BCUT2D eigenvalue weighted by atomic mass is 10.1. The van der Waals surface area contributed by atoms with Crippen LogP contribution in [0.2, 0.25) is 0 Å². The molecule has 0 unspecified atom stereocenters. The molecule has 0 aliphatic rings. The summed E-state index contributed by atoms with van der Waals surface area (Å²) in [5.41, 5.74) is 2.27. The Morgan fingerprint density at radius 2 is 1.95 bits per heavy atom. The average Bonchev–Trinajstić information content (AvgIpc) is 2.93. The van der Waals surface area contributed by atoms with Crippen LogP contribution >= 0.6 is 0 Å². The molecule has 1 heterocycles. The Morgan fingerprint density at radius 1 is 1.10 bits per heavy atom. The number of hydrogen-bond donors (Lipinski definition) is 1. The summed E-state index contributed by atoms with van der Waals surface area (Å²) in [4.78, 5) is 0. The van der Waals surface area contributed by atoms with Gasteiger partial charge in [0.1, 0.15) is 17.2 Å². The molecule has 0 radical (unpaired) electrons.